The molecule has 0 radical (unpaired) electrons. The summed E-state index contributed by atoms with van der Waals surface area (Å²) in [4.78, 5) is 15.7. The van der Waals surface area contributed by atoms with Gasteiger partial charge in [-0.1, -0.05) is 45.0 Å². The monoisotopic (exact) mass is 743 g/mol. The Labute approximate surface area is 306 Å². The zero-order chi connectivity index (χ0) is 36.4. The number of methoxy groups -OCH3 is 2. The van der Waals surface area contributed by atoms with E-state index in [1.54, 1.807) is 6.07 Å². The van der Waals surface area contributed by atoms with Crippen LogP contribution in [0.5, 0.6) is 11.5 Å². The number of aromatic nitrogens is 3. The molecule has 2 atom stereocenters. The number of anilines is 2. The van der Waals surface area contributed by atoms with Gasteiger partial charge >= 0.3 is 6.03 Å². The lowest BCUT2D eigenvalue weighted by atomic mass is 9.85. The van der Waals surface area contributed by atoms with Gasteiger partial charge < -0.3 is 24.8 Å². The van der Waals surface area contributed by atoms with Crippen molar-refractivity contribution in [3.8, 4) is 11.5 Å². The van der Waals surface area contributed by atoms with E-state index in [-0.39, 0.29) is 59.3 Å². The lowest BCUT2D eigenvalue weighted by molar-refractivity contribution is 0.170. The highest BCUT2D eigenvalue weighted by Gasteiger charge is 2.32. The van der Waals surface area contributed by atoms with Gasteiger partial charge in [0.05, 0.1) is 48.6 Å². The van der Waals surface area contributed by atoms with Crippen LogP contribution in [0.4, 0.5) is 16.2 Å². The fraction of sp³-hybridized carbons (Fsp3) is 0.472. The number of fused-ring (bicyclic) bond motifs is 2. The number of nitrogens with one attached hydrogen (secondary N) is 3. The number of rotatable bonds is 12. The van der Waals surface area contributed by atoms with Gasteiger partial charge in [-0.05, 0) is 87.2 Å². The molecule has 1 aliphatic rings. The van der Waals surface area contributed by atoms with Crippen LogP contribution < -0.4 is 24.8 Å². The number of urea groups is 1. The highest BCUT2D eigenvalue weighted by Crippen LogP contribution is 2.41. The third-order valence-corrected chi connectivity index (χ3v) is 10.5. The molecule has 0 fully saturated rings. The number of carbonyl (C=O) groups excluding carboxylic acids is 1. The molecule has 0 bridgehead atoms. The lowest BCUT2D eigenvalue weighted by Crippen LogP contribution is -2.37. The molecule has 0 aliphatic heterocycles. The molecule has 2 amide bonds. The van der Waals surface area contributed by atoms with Crippen LogP contribution in [0, 0.1) is 0 Å². The minimum atomic E-state index is -3.75. The van der Waals surface area contributed by atoms with E-state index in [0.29, 0.717) is 24.3 Å². The van der Waals surface area contributed by atoms with Crippen LogP contribution in [-0.4, -0.2) is 74.6 Å². The molecule has 4 aromatic rings. The van der Waals surface area contributed by atoms with Gasteiger partial charge in [-0.3, -0.25) is 14.0 Å². The molecule has 2 aromatic heterocycles. The molecule has 13 nitrogen and oxygen atoms in total. The Kier molecular flexibility index (Phi) is 12.2. The summed E-state index contributed by atoms with van der Waals surface area (Å²) in [5.74, 6) is 1.47. The molecule has 278 valence electrons. The van der Waals surface area contributed by atoms with Gasteiger partial charge in [0, 0.05) is 7.11 Å². The predicted molar refractivity (Wildman–Crippen MR) is 202 cm³/mol. The molecule has 1 aliphatic carbocycles. The molecule has 2 aromatic carbocycles. The summed E-state index contributed by atoms with van der Waals surface area (Å²) in [5, 5.41) is 14.9. The van der Waals surface area contributed by atoms with Crippen molar-refractivity contribution in [3.63, 3.8) is 0 Å². The molecule has 5 rings (SSSR count). The summed E-state index contributed by atoms with van der Waals surface area (Å²) in [7, 11) is 3.15. The standard InChI is InChI=1S/C36H49N7O6S.ClH/c1-35(2,3)23-20-28(32(48-9)29(21-23)41-50(45,46)19-18-47-8)38-34(44)37-27-15-16-30(26-13-11-10-12-25(26)27)49-24-14-17-31-39-40-33(43(31)22-24)36(4,5)42(6)7;/h10-14,17,20-22,27,30,41H,15-16,18-19H2,1-9H3,(H2,37,38,44);1H/t27-,30+;/m0./s1. The number of hydrogen-bond donors (Lipinski definition) is 3. The van der Waals surface area contributed by atoms with E-state index in [1.165, 1.54) is 14.2 Å². The smallest absolute Gasteiger partial charge is 0.319 e. The van der Waals surface area contributed by atoms with E-state index in [9.17, 15) is 13.2 Å². The average molecular weight is 744 g/mol. The van der Waals surface area contributed by atoms with Crippen molar-refractivity contribution >= 4 is 45.5 Å². The van der Waals surface area contributed by atoms with E-state index in [2.05, 4.69) is 44.3 Å². The van der Waals surface area contributed by atoms with Crippen molar-refractivity contribution in [1.29, 1.82) is 0 Å². The van der Waals surface area contributed by atoms with Gasteiger partial charge in [-0.2, -0.15) is 0 Å². The fourth-order valence-electron chi connectivity index (χ4n) is 5.92. The number of amides is 2. The Balaban J connectivity index is 0.00000583. The maximum absolute atomic E-state index is 13.6. The van der Waals surface area contributed by atoms with Crippen LogP contribution in [0.2, 0.25) is 0 Å². The lowest BCUT2D eigenvalue weighted by Gasteiger charge is -2.33. The summed E-state index contributed by atoms with van der Waals surface area (Å²) >= 11 is 0. The van der Waals surface area contributed by atoms with Crippen LogP contribution in [0.3, 0.4) is 0 Å². The van der Waals surface area contributed by atoms with Gasteiger partial charge in [-0.15, -0.1) is 22.6 Å². The first-order valence-electron chi connectivity index (χ1n) is 16.6. The Bertz CT molecular complexity index is 1960. The Morgan fingerprint density at radius 1 is 0.980 bits per heavy atom. The zero-order valence-corrected chi connectivity index (χ0v) is 32.4. The van der Waals surface area contributed by atoms with Gasteiger partial charge in [0.2, 0.25) is 10.0 Å². The normalized spacial score (nSPS) is 16.3. The van der Waals surface area contributed by atoms with Crippen LogP contribution in [-0.2, 0) is 25.7 Å². The highest BCUT2D eigenvalue weighted by molar-refractivity contribution is 7.92. The fourth-order valence-corrected chi connectivity index (χ4v) is 6.90. The third-order valence-electron chi connectivity index (χ3n) is 9.29. The number of nitrogens with zero attached hydrogens (tertiary/aromatic N) is 4. The topological polar surface area (TPSA) is 148 Å². The van der Waals surface area contributed by atoms with Crippen molar-refractivity contribution in [1.82, 2.24) is 24.8 Å². The molecule has 2 heterocycles. The van der Waals surface area contributed by atoms with Crippen molar-refractivity contribution in [2.24, 2.45) is 0 Å². The highest BCUT2D eigenvalue weighted by atomic mass is 35.5. The van der Waals surface area contributed by atoms with Crippen LogP contribution >= 0.6 is 12.4 Å². The molecule has 0 unspecified atom stereocenters. The van der Waals surface area contributed by atoms with Crippen molar-refractivity contribution < 1.29 is 27.4 Å². The van der Waals surface area contributed by atoms with Gasteiger partial charge in [0.15, 0.2) is 17.2 Å². The predicted octanol–water partition coefficient (Wildman–Crippen LogP) is 6.42. The Hall–Kier alpha value is -4.11. The number of sulfonamides is 1. The molecular weight excluding hydrogens is 694 g/mol. The molecule has 3 N–H and O–H groups in total. The molecule has 0 saturated carbocycles. The summed E-state index contributed by atoms with van der Waals surface area (Å²) in [5.41, 5.74) is 3.36. The molecule has 0 spiro atoms. The number of hydrogen-bond acceptors (Lipinski definition) is 9. The SMILES string of the molecule is COCCS(=O)(=O)Nc1cc(C(C)(C)C)cc(NC(=O)N[C@H]2CC[C@@H](Oc3ccc4nnc(C(C)(C)N(C)C)n4c3)c3ccccc32)c1OC.Cl. The number of halogens is 1. The average Bonchev–Trinajstić information content (AvgIpc) is 3.48. The van der Waals surface area contributed by atoms with Crippen molar-refractivity contribution in [3.05, 3.63) is 77.2 Å². The summed E-state index contributed by atoms with van der Waals surface area (Å²) < 4.78 is 47.4. The first-order chi connectivity index (χ1) is 23.5. The number of pyridine rings is 1. The van der Waals surface area contributed by atoms with E-state index >= 15 is 0 Å². The second-order valence-electron chi connectivity index (χ2n) is 14.3. The Morgan fingerprint density at radius 3 is 2.31 bits per heavy atom. The molecule has 15 heteroatoms. The minimum Gasteiger partial charge on any atom is -0.492 e. The molecule has 51 heavy (non-hydrogen) atoms. The quantitative estimate of drug-likeness (QED) is 0.150. The largest absolute Gasteiger partial charge is 0.492 e. The maximum atomic E-state index is 13.6. The zero-order valence-electron chi connectivity index (χ0n) is 30.7. The summed E-state index contributed by atoms with van der Waals surface area (Å²) in [6, 6.07) is 14.6. The van der Waals surface area contributed by atoms with Crippen molar-refractivity contribution in [2.45, 2.75) is 70.6 Å². The van der Waals surface area contributed by atoms with E-state index in [0.717, 1.165) is 28.2 Å². The summed E-state index contributed by atoms with van der Waals surface area (Å²) in [6.45, 7) is 10.2. The van der Waals surface area contributed by atoms with Gasteiger partial charge in [0.1, 0.15) is 11.9 Å². The second kappa shape index (κ2) is 15.6. The first kappa shape index (κ1) is 39.7. The van der Waals surface area contributed by atoms with Gasteiger partial charge in [0.25, 0.3) is 0 Å². The Morgan fingerprint density at radius 2 is 1.67 bits per heavy atom. The van der Waals surface area contributed by atoms with E-state index in [1.807, 2.05) is 87.9 Å². The van der Waals surface area contributed by atoms with Crippen LogP contribution in [0.25, 0.3) is 5.65 Å². The number of benzene rings is 2. The maximum Gasteiger partial charge on any atom is 0.319 e. The third kappa shape index (κ3) is 8.86. The number of ether oxygens (including phenoxy) is 3. The van der Waals surface area contributed by atoms with E-state index in [4.69, 9.17) is 14.2 Å². The summed E-state index contributed by atoms with van der Waals surface area (Å²) in [6.07, 6.45) is 2.99. The van der Waals surface area contributed by atoms with Crippen LogP contribution in [0.1, 0.15) is 82.1 Å². The van der Waals surface area contributed by atoms with E-state index < -0.39 is 16.1 Å². The van der Waals surface area contributed by atoms with Crippen LogP contribution in [0.15, 0.2) is 54.7 Å². The first-order valence-corrected chi connectivity index (χ1v) is 18.3. The van der Waals surface area contributed by atoms with Crippen molar-refractivity contribution in [2.75, 3.05) is 50.7 Å². The second-order valence-corrected chi connectivity index (χ2v) is 16.1. The number of carbonyl (C=O) groups is 1. The van der Waals surface area contributed by atoms with Gasteiger partial charge in [-0.25, -0.2) is 13.2 Å². The molecule has 0 saturated heterocycles. The molecular formula is C36H50ClN7O6S. The minimum absolute atomic E-state index is 0.